The molecule has 0 spiro atoms. The van der Waals surface area contributed by atoms with Gasteiger partial charge in [-0.1, -0.05) is 12.1 Å². The zero-order chi connectivity index (χ0) is 19.2. The number of guanidine groups is 1. The number of phenols is 1. The number of hydrogen-bond acceptors (Lipinski definition) is 5. The number of hydrogen-bond donors (Lipinski definition) is 2. The van der Waals surface area contributed by atoms with E-state index in [-0.39, 0.29) is 11.3 Å². The molecule has 3 rings (SSSR count). The minimum atomic E-state index is -0.0737. The maximum Gasteiger partial charge on any atom is 0.293 e. The van der Waals surface area contributed by atoms with Gasteiger partial charge in [0.25, 0.3) is 5.56 Å². The summed E-state index contributed by atoms with van der Waals surface area (Å²) >= 11 is 0. The van der Waals surface area contributed by atoms with Crippen LogP contribution in [-0.4, -0.2) is 58.2 Å². The maximum atomic E-state index is 12.3. The second-order valence-electron chi connectivity index (χ2n) is 6.48. The van der Waals surface area contributed by atoms with Gasteiger partial charge in [-0.05, 0) is 24.6 Å². The van der Waals surface area contributed by atoms with E-state index in [2.05, 4.69) is 15.2 Å². The number of aromatic hydroxyl groups is 1. The van der Waals surface area contributed by atoms with Crippen molar-refractivity contribution < 1.29 is 5.11 Å². The van der Waals surface area contributed by atoms with Crippen molar-refractivity contribution in [1.82, 2.24) is 19.8 Å². The largest absolute Gasteiger partial charge is 0.508 e. The van der Waals surface area contributed by atoms with Gasteiger partial charge in [0.2, 0.25) is 0 Å². The first-order valence-corrected chi connectivity index (χ1v) is 9.16. The van der Waals surface area contributed by atoms with Crippen molar-refractivity contribution in [1.29, 1.82) is 0 Å². The first-order chi connectivity index (χ1) is 13.1. The van der Waals surface area contributed by atoms with Crippen LogP contribution in [0.3, 0.4) is 0 Å². The van der Waals surface area contributed by atoms with Crippen molar-refractivity contribution in [3.8, 4) is 5.75 Å². The molecule has 0 aliphatic carbocycles. The first kappa shape index (κ1) is 18.8. The Morgan fingerprint density at radius 3 is 2.78 bits per heavy atom. The summed E-state index contributed by atoms with van der Waals surface area (Å²) < 4.78 is 1.55. The van der Waals surface area contributed by atoms with E-state index in [0.717, 1.165) is 31.2 Å². The summed E-state index contributed by atoms with van der Waals surface area (Å²) in [5.41, 5.74) is 0.886. The summed E-state index contributed by atoms with van der Waals surface area (Å²) in [6, 6.07) is 7.14. The lowest BCUT2D eigenvalue weighted by atomic mass is 10.2. The predicted octanol–water partition coefficient (Wildman–Crippen LogP) is 0.774. The van der Waals surface area contributed by atoms with Crippen molar-refractivity contribution in [3.05, 3.63) is 52.6 Å². The number of rotatable bonds is 4. The molecular weight excluding hydrogens is 344 g/mol. The maximum absolute atomic E-state index is 12.3. The molecule has 1 fully saturated rings. The number of anilines is 1. The number of nitrogens with one attached hydrogen (secondary N) is 1. The summed E-state index contributed by atoms with van der Waals surface area (Å²) in [4.78, 5) is 25.4. The minimum absolute atomic E-state index is 0.0737. The van der Waals surface area contributed by atoms with Crippen LogP contribution in [0, 0.1) is 0 Å². The van der Waals surface area contributed by atoms with Gasteiger partial charge in [-0.2, -0.15) is 0 Å². The molecule has 0 unspecified atom stereocenters. The lowest BCUT2D eigenvalue weighted by Gasteiger charge is -2.36. The smallest absolute Gasteiger partial charge is 0.293 e. The van der Waals surface area contributed by atoms with Crippen LogP contribution in [0.5, 0.6) is 5.75 Å². The average Bonchev–Trinajstić information content (AvgIpc) is 2.68. The number of aliphatic imine (C=N–C) groups is 1. The molecular formula is C19H26N6O2. The van der Waals surface area contributed by atoms with Crippen molar-refractivity contribution in [3.63, 3.8) is 0 Å². The molecule has 1 aliphatic rings. The number of phenolic OH excluding ortho intramolecular Hbond substituents is 1. The molecule has 1 aliphatic heterocycles. The molecule has 27 heavy (non-hydrogen) atoms. The molecule has 8 nitrogen and oxygen atoms in total. The van der Waals surface area contributed by atoms with Crippen molar-refractivity contribution >= 4 is 11.8 Å². The molecule has 8 heteroatoms. The van der Waals surface area contributed by atoms with Crippen LogP contribution in [0.2, 0.25) is 0 Å². The quantitative estimate of drug-likeness (QED) is 0.611. The van der Waals surface area contributed by atoms with Crippen LogP contribution in [-0.2, 0) is 13.6 Å². The van der Waals surface area contributed by atoms with Crippen LogP contribution in [0.25, 0.3) is 0 Å². The Morgan fingerprint density at radius 1 is 1.30 bits per heavy atom. The third-order valence-electron chi connectivity index (χ3n) is 4.53. The Morgan fingerprint density at radius 2 is 2.07 bits per heavy atom. The molecule has 0 bridgehead atoms. The Labute approximate surface area is 158 Å². The van der Waals surface area contributed by atoms with Gasteiger partial charge in [0.05, 0.1) is 6.54 Å². The van der Waals surface area contributed by atoms with Crippen LogP contribution in [0.1, 0.15) is 12.5 Å². The highest BCUT2D eigenvalue weighted by atomic mass is 16.3. The van der Waals surface area contributed by atoms with E-state index in [9.17, 15) is 9.90 Å². The zero-order valence-corrected chi connectivity index (χ0v) is 15.8. The fourth-order valence-corrected chi connectivity index (χ4v) is 3.08. The number of aryl methyl sites for hydroxylation is 1. The molecule has 2 heterocycles. The Kier molecular flexibility index (Phi) is 5.95. The fourth-order valence-electron chi connectivity index (χ4n) is 3.08. The topological polar surface area (TPSA) is 86.0 Å². The molecule has 0 radical (unpaired) electrons. The van der Waals surface area contributed by atoms with Gasteiger partial charge < -0.3 is 24.8 Å². The molecule has 1 saturated heterocycles. The fraction of sp³-hybridized carbons (Fsp3) is 0.421. The van der Waals surface area contributed by atoms with E-state index >= 15 is 0 Å². The van der Waals surface area contributed by atoms with Gasteiger partial charge in [-0.3, -0.25) is 4.79 Å². The zero-order valence-electron chi connectivity index (χ0n) is 15.8. The summed E-state index contributed by atoms with van der Waals surface area (Å²) in [6.07, 6.45) is 3.32. The second kappa shape index (κ2) is 8.57. The number of nitrogens with zero attached hydrogens (tertiary/aromatic N) is 5. The van der Waals surface area contributed by atoms with Crippen LogP contribution in [0.15, 0.2) is 46.4 Å². The van der Waals surface area contributed by atoms with Gasteiger partial charge in [0.15, 0.2) is 11.8 Å². The molecule has 0 atom stereocenters. The van der Waals surface area contributed by atoms with E-state index in [1.54, 1.807) is 36.1 Å². The highest BCUT2D eigenvalue weighted by Crippen LogP contribution is 2.13. The SMILES string of the molecule is CCNC(=NCc1cccc(O)c1)N1CCN(c2nccn(C)c2=O)CC1. The number of benzene rings is 1. The number of aromatic nitrogens is 2. The van der Waals surface area contributed by atoms with Crippen molar-refractivity contribution in [2.24, 2.45) is 12.0 Å². The lowest BCUT2D eigenvalue weighted by Crippen LogP contribution is -2.53. The molecule has 2 N–H and O–H groups in total. The molecule has 0 saturated carbocycles. The highest BCUT2D eigenvalue weighted by molar-refractivity contribution is 5.80. The monoisotopic (exact) mass is 370 g/mol. The van der Waals surface area contributed by atoms with Gasteiger partial charge in [-0.25, -0.2) is 9.98 Å². The van der Waals surface area contributed by atoms with Crippen molar-refractivity contribution in [2.45, 2.75) is 13.5 Å². The Bertz CT molecular complexity index is 855. The molecule has 0 amide bonds. The van der Waals surface area contributed by atoms with Crippen LogP contribution in [0.4, 0.5) is 5.82 Å². The summed E-state index contributed by atoms with van der Waals surface area (Å²) in [7, 11) is 1.74. The summed E-state index contributed by atoms with van der Waals surface area (Å²) in [5.74, 6) is 1.59. The lowest BCUT2D eigenvalue weighted by molar-refractivity contribution is 0.370. The van der Waals surface area contributed by atoms with Gasteiger partial charge in [0, 0.05) is 52.2 Å². The third kappa shape index (κ3) is 4.58. The van der Waals surface area contributed by atoms with E-state index < -0.39 is 0 Å². The summed E-state index contributed by atoms with van der Waals surface area (Å²) in [5, 5.41) is 12.9. The normalized spacial score (nSPS) is 15.1. The standard InChI is InChI=1S/C19H26N6O2/c1-3-20-19(22-14-15-5-4-6-16(26)13-15)25-11-9-24(10-12-25)17-18(27)23(2)8-7-21-17/h4-8,13,26H,3,9-12,14H2,1-2H3,(H,20,22). The van der Waals surface area contributed by atoms with Gasteiger partial charge in [0.1, 0.15) is 5.75 Å². The molecule has 2 aromatic rings. The number of piperazine rings is 1. The van der Waals surface area contributed by atoms with Gasteiger partial charge >= 0.3 is 0 Å². The van der Waals surface area contributed by atoms with Crippen LogP contribution < -0.4 is 15.8 Å². The van der Waals surface area contributed by atoms with Crippen LogP contribution >= 0.6 is 0 Å². The minimum Gasteiger partial charge on any atom is -0.508 e. The second-order valence-corrected chi connectivity index (χ2v) is 6.48. The Hall–Kier alpha value is -3.03. The third-order valence-corrected chi connectivity index (χ3v) is 4.53. The van der Waals surface area contributed by atoms with Gasteiger partial charge in [-0.15, -0.1) is 0 Å². The predicted molar refractivity (Wildman–Crippen MR) is 106 cm³/mol. The molecule has 144 valence electrons. The Balaban J connectivity index is 1.67. The van der Waals surface area contributed by atoms with Crippen molar-refractivity contribution in [2.75, 3.05) is 37.6 Å². The molecule has 1 aromatic heterocycles. The summed E-state index contributed by atoms with van der Waals surface area (Å²) in [6.45, 7) is 6.25. The molecule has 1 aromatic carbocycles. The average molecular weight is 370 g/mol. The van der Waals surface area contributed by atoms with E-state index in [0.29, 0.717) is 25.5 Å². The first-order valence-electron chi connectivity index (χ1n) is 9.16. The van der Waals surface area contributed by atoms with E-state index in [1.807, 2.05) is 24.0 Å². The highest BCUT2D eigenvalue weighted by Gasteiger charge is 2.22. The van der Waals surface area contributed by atoms with E-state index in [1.165, 1.54) is 0 Å². The van der Waals surface area contributed by atoms with E-state index in [4.69, 9.17) is 4.99 Å².